The van der Waals surface area contributed by atoms with Crippen LogP contribution in [0.1, 0.15) is 17.2 Å². The monoisotopic (exact) mass is 282 g/mol. The Morgan fingerprint density at radius 1 is 1.05 bits per heavy atom. The zero-order valence-corrected chi connectivity index (χ0v) is 11.5. The molecule has 0 saturated carbocycles. The molecule has 0 spiro atoms. The number of nitrogens with two attached hydrogens (primary N) is 1. The van der Waals surface area contributed by atoms with E-state index in [0.717, 1.165) is 11.1 Å². The number of rotatable bonds is 5. The molecule has 2 aromatic rings. The number of hydrogen-bond donors (Lipinski definition) is 4. The summed E-state index contributed by atoms with van der Waals surface area (Å²) >= 11 is 0. The summed E-state index contributed by atoms with van der Waals surface area (Å²) in [5, 5.41) is 13.1. The predicted molar refractivity (Wildman–Crippen MR) is 82.9 cm³/mol. The first-order chi connectivity index (χ1) is 10.2. The fraction of sp³-hybridized carbons (Fsp3) is 0.125. The molecule has 0 aliphatic heterocycles. The van der Waals surface area contributed by atoms with Crippen LogP contribution in [0.25, 0.3) is 0 Å². The first-order valence-corrected chi connectivity index (χ1v) is 6.64. The van der Waals surface area contributed by atoms with Gasteiger partial charge in [-0.3, -0.25) is 5.41 Å². The van der Waals surface area contributed by atoms with Crippen molar-refractivity contribution >= 4 is 11.9 Å². The van der Waals surface area contributed by atoms with Crippen LogP contribution in [0.15, 0.2) is 60.7 Å². The van der Waals surface area contributed by atoms with Gasteiger partial charge in [-0.25, -0.2) is 4.79 Å². The highest BCUT2D eigenvalue weighted by atomic mass is 16.2. The summed E-state index contributed by atoms with van der Waals surface area (Å²) in [6.45, 7) is 0.423. The van der Waals surface area contributed by atoms with E-state index in [4.69, 9.17) is 11.1 Å². The van der Waals surface area contributed by atoms with E-state index < -0.39 is 6.04 Å². The van der Waals surface area contributed by atoms with Gasteiger partial charge in [-0.1, -0.05) is 60.7 Å². The molecule has 108 valence electrons. The van der Waals surface area contributed by atoms with Gasteiger partial charge in [-0.05, 0) is 11.1 Å². The molecule has 5 nitrogen and oxygen atoms in total. The highest BCUT2D eigenvalue weighted by Crippen LogP contribution is 2.11. The molecule has 21 heavy (non-hydrogen) atoms. The largest absolute Gasteiger partial charge is 0.386 e. The lowest BCUT2D eigenvalue weighted by Gasteiger charge is -2.18. The van der Waals surface area contributed by atoms with Gasteiger partial charge in [-0.2, -0.15) is 0 Å². The van der Waals surface area contributed by atoms with Gasteiger partial charge in [0.25, 0.3) is 0 Å². The van der Waals surface area contributed by atoms with Crippen molar-refractivity contribution in [1.82, 2.24) is 10.6 Å². The van der Waals surface area contributed by atoms with Crippen molar-refractivity contribution in [2.75, 3.05) is 0 Å². The number of amidine groups is 1. The normalized spacial score (nSPS) is 11.4. The van der Waals surface area contributed by atoms with Gasteiger partial charge < -0.3 is 16.4 Å². The number of benzene rings is 2. The van der Waals surface area contributed by atoms with E-state index in [9.17, 15) is 4.79 Å². The first kappa shape index (κ1) is 14.6. The van der Waals surface area contributed by atoms with E-state index in [1.165, 1.54) is 0 Å². The number of amides is 2. The Bertz CT molecular complexity index is 598. The molecule has 0 saturated heterocycles. The number of carbonyl (C=O) groups is 1. The van der Waals surface area contributed by atoms with Gasteiger partial charge >= 0.3 is 6.03 Å². The molecule has 0 heterocycles. The second-order valence-electron chi connectivity index (χ2n) is 4.61. The molecule has 0 aliphatic carbocycles. The fourth-order valence-corrected chi connectivity index (χ4v) is 1.95. The standard InChI is InChI=1S/C16H18N4O/c17-15(18)14(13-9-5-2-6-10-13)20-16(21)19-11-12-7-3-1-4-8-12/h1-10,14H,11H2,(H3,17,18)(H2,19,20,21). The lowest BCUT2D eigenvalue weighted by Crippen LogP contribution is -2.42. The SMILES string of the molecule is N=C(N)C(NC(=O)NCc1ccccc1)c1ccccc1. The van der Waals surface area contributed by atoms with E-state index in [-0.39, 0.29) is 11.9 Å². The summed E-state index contributed by atoms with van der Waals surface area (Å²) in [4.78, 5) is 11.9. The summed E-state index contributed by atoms with van der Waals surface area (Å²) in [5.41, 5.74) is 7.35. The Hall–Kier alpha value is -2.82. The smallest absolute Gasteiger partial charge is 0.315 e. The van der Waals surface area contributed by atoms with Gasteiger partial charge in [0.2, 0.25) is 0 Å². The van der Waals surface area contributed by atoms with Crippen LogP contribution in [-0.4, -0.2) is 11.9 Å². The Kier molecular flexibility index (Phi) is 4.93. The summed E-state index contributed by atoms with van der Waals surface area (Å²) in [5.74, 6) is -0.101. The van der Waals surface area contributed by atoms with Crippen molar-refractivity contribution in [2.45, 2.75) is 12.6 Å². The maximum absolute atomic E-state index is 11.9. The molecule has 2 amide bonds. The molecule has 0 radical (unpaired) electrons. The van der Waals surface area contributed by atoms with Crippen LogP contribution < -0.4 is 16.4 Å². The maximum Gasteiger partial charge on any atom is 0.315 e. The molecule has 2 rings (SSSR count). The van der Waals surface area contributed by atoms with Crippen molar-refractivity contribution in [3.05, 3.63) is 71.8 Å². The highest BCUT2D eigenvalue weighted by molar-refractivity contribution is 5.88. The molecule has 0 bridgehead atoms. The minimum Gasteiger partial charge on any atom is -0.386 e. The van der Waals surface area contributed by atoms with Crippen LogP contribution in [0, 0.1) is 5.41 Å². The van der Waals surface area contributed by atoms with Crippen LogP contribution in [0.4, 0.5) is 4.79 Å². The Labute approximate surface area is 123 Å². The van der Waals surface area contributed by atoms with Crippen molar-refractivity contribution in [3.63, 3.8) is 0 Å². The number of hydrogen-bond acceptors (Lipinski definition) is 2. The maximum atomic E-state index is 11.9. The first-order valence-electron chi connectivity index (χ1n) is 6.64. The summed E-state index contributed by atoms with van der Waals surface area (Å²) < 4.78 is 0. The molecular formula is C16H18N4O. The lowest BCUT2D eigenvalue weighted by molar-refractivity contribution is 0.239. The Morgan fingerprint density at radius 2 is 1.62 bits per heavy atom. The average Bonchev–Trinajstić information content (AvgIpc) is 2.52. The minimum atomic E-state index is -0.623. The van der Waals surface area contributed by atoms with E-state index in [0.29, 0.717) is 6.54 Å². The molecule has 5 N–H and O–H groups in total. The van der Waals surface area contributed by atoms with Gasteiger partial charge in [-0.15, -0.1) is 0 Å². The zero-order valence-electron chi connectivity index (χ0n) is 11.5. The number of carbonyl (C=O) groups excluding carboxylic acids is 1. The summed E-state index contributed by atoms with van der Waals surface area (Å²) in [6.07, 6.45) is 0. The van der Waals surface area contributed by atoms with Crippen molar-refractivity contribution in [3.8, 4) is 0 Å². The van der Waals surface area contributed by atoms with Crippen LogP contribution >= 0.6 is 0 Å². The summed E-state index contributed by atoms with van der Waals surface area (Å²) in [6, 6.07) is 17.8. The second-order valence-corrected chi connectivity index (χ2v) is 4.61. The molecule has 1 atom stereocenters. The fourth-order valence-electron chi connectivity index (χ4n) is 1.95. The Morgan fingerprint density at radius 3 is 2.19 bits per heavy atom. The third kappa shape index (κ3) is 4.35. The number of urea groups is 1. The highest BCUT2D eigenvalue weighted by Gasteiger charge is 2.16. The quantitative estimate of drug-likeness (QED) is 0.500. The van der Waals surface area contributed by atoms with Gasteiger partial charge in [0.15, 0.2) is 0 Å². The van der Waals surface area contributed by atoms with Crippen LogP contribution in [0.5, 0.6) is 0 Å². The van der Waals surface area contributed by atoms with Crippen LogP contribution in [-0.2, 0) is 6.54 Å². The molecule has 0 aromatic heterocycles. The lowest BCUT2D eigenvalue weighted by atomic mass is 10.1. The van der Waals surface area contributed by atoms with Crippen LogP contribution in [0.2, 0.25) is 0 Å². The zero-order chi connectivity index (χ0) is 15.1. The molecule has 2 aromatic carbocycles. The molecule has 5 heteroatoms. The molecule has 0 fully saturated rings. The van der Waals surface area contributed by atoms with E-state index in [1.807, 2.05) is 60.7 Å². The van der Waals surface area contributed by atoms with Gasteiger partial charge in [0.1, 0.15) is 11.9 Å². The van der Waals surface area contributed by atoms with E-state index >= 15 is 0 Å². The van der Waals surface area contributed by atoms with Crippen molar-refractivity contribution in [1.29, 1.82) is 5.41 Å². The van der Waals surface area contributed by atoms with Crippen LogP contribution in [0.3, 0.4) is 0 Å². The topological polar surface area (TPSA) is 91.0 Å². The van der Waals surface area contributed by atoms with Crippen molar-refractivity contribution in [2.24, 2.45) is 5.73 Å². The third-order valence-corrected chi connectivity index (χ3v) is 3.02. The van der Waals surface area contributed by atoms with E-state index in [1.54, 1.807) is 0 Å². The molecular weight excluding hydrogens is 264 g/mol. The Balaban J connectivity index is 1.95. The third-order valence-electron chi connectivity index (χ3n) is 3.02. The molecule has 1 unspecified atom stereocenters. The van der Waals surface area contributed by atoms with Gasteiger partial charge in [0, 0.05) is 6.54 Å². The van der Waals surface area contributed by atoms with Gasteiger partial charge in [0.05, 0.1) is 0 Å². The minimum absolute atomic E-state index is 0.101. The number of nitrogens with one attached hydrogen (secondary N) is 3. The van der Waals surface area contributed by atoms with E-state index in [2.05, 4.69) is 10.6 Å². The molecule has 0 aliphatic rings. The predicted octanol–water partition coefficient (Wildman–Crippen LogP) is 2.16. The average molecular weight is 282 g/mol. The van der Waals surface area contributed by atoms with Crippen molar-refractivity contribution < 1.29 is 4.79 Å². The second kappa shape index (κ2) is 7.09. The summed E-state index contributed by atoms with van der Waals surface area (Å²) in [7, 11) is 0.